The molecule has 0 fully saturated rings. The van der Waals surface area contributed by atoms with Gasteiger partial charge in [-0.05, 0) is 52.5 Å². The van der Waals surface area contributed by atoms with Gasteiger partial charge in [-0.15, -0.1) is 0 Å². The Balaban J connectivity index is 2.18. The van der Waals surface area contributed by atoms with Crippen LogP contribution in [0, 0.1) is 12.7 Å². The molecule has 0 aliphatic rings. The Morgan fingerprint density at radius 3 is 2.47 bits per heavy atom. The molecule has 0 saturated carbocycles. The Morgan fingerprint density at radius 2 is 1.89 bits per heavy atom. The molecule has 100 valence electrons. The average Bonchev–Trinajstić information content (AvgIpc) is 2.41. The first kappa shape index (κ1) is 14.2. The smallest absolute Gasteiger partial charge is 0.137 e. The van der Waals surface area contributed by atoms with E-state index in [-0.39, 0.29) is 11.9 Å². The fourth-order valence-electron chi connectivity index (χ4n) is 1.97. The molecule has 2 aromatic rings. The van der Waals surface area contributed by atoms with Crippen LogP contribution >= 0.6 is 15.9 Å². The Morgan fingerprint density at radius 1 is 1.21 bits per heavy atom. The van der Waals surface area contributed by atoms with E-state index in [1.165, 1.54) is 11.6 Å². The Labute approximate surface area is 120 Å². The van der Waals surface area contributed by atoms with Crippen molar-refractivity contribution in [2.75, 3.05) is 0 Å². The SMILES string of the molecule is Cc1ccc(C(Cc2ccc(F)c(Br)c2)NN)cc1. The molecule has 2 rings (SSSR count). The predicted molar refractivity (Wildman–Crippen MR) is 79.0 cm³/mol. The van der Waals surface area contributed by atoms with Gasteiger partial charge in [0.2, 0.25) is 0 Å². The van der Waals surface area contributed by atoms with Crippen molar-refractivity contribution < 1.29 is 4.39 Å². The van der Waals surface area contributed by atoms with Crippen molar-refractivity contribution in [3.05, 3.63) is 69.4 Å². The van der Waals surface area contributed by atoms with Crippen molar-refractivity contribution in [1.29, 1.82) is 0 Å². The number of rotatable bonds is 4. The third-order valence-electron chi connectivity index (χ3n) is 3.10. The number of aryl methyl sites for hydroxylation is 1. The lowest BCUT2D eigenvalue weighted by Crippen LogP contribution is -2.29. The molecule has 4 heteroatoms. The molecule has 19 heavy (non-hydrogen) atoms. The molecule has 0 bridgehead atoms. The van der Waals surface area contributed by atoms with Crippen LogP contribution in [0.15, 0.2) is 46.9 Å². The van der Waals surface area contributed by atoms with E-state index in [1.54, 1.807) is 12.1 Å². The monoisotopic (exact) mass is 322 g/mol. The zero-order valence-corrected chi connectivity index (χ0v) is 12.2. The Bertz CT molecular complexity index is 555. The summed E-state index contributed by atoms with van der Waals surface area (Å²) in [5.41, 5.74) is 6.17. The topological polar surface area (TPSA) is 38.0 Å². The highest BCUT2D eigenvalue weighted by atomic mass is 79.9. The van der Waals surface area contributed by atoms with Gasteiger partial charge in [0.1, 0.15) is 5.82 Å². The zero-order valence-electron chi connectivity index (χ0n) is 10.7. The average molecular weight is 323 g/mol. The molecular formula is C15H16BrFN2. The molecule has 0 heterocycles. The predicted octanol–water partition coefficient (Wildman–Crippen LogP) is 3.64. The van der Waals surface area contributed by atoms with E-state index in [0.717, 1.165) is 11.1 Å². The van der Waals surface area contributed by atoms with E-state index < -0.39 is 0 Å². The summed E-state index contributed by atoms with van der Waals surface area (Å²) in [6.07, 6.45) is 0.707. The molecule has 2 aromatic carbocycles. The van der Waals surface area contributed by atoms with Crippen LogP contribution in [-0.2, 0) is 6.42 Å². The first-order chi connectivity index (χ1) is 9.10. The molecule has 0 amide bonds. The van der Waals surface area contributed by atoms with Crippen LogP contribution in [0.4, 0.5) is 4.39 Å². The molecule has 2 nitrogen and oxygen atoms in total. The van der Waals surface area contributed by atoms with Crippen LogP contribution in [0.1, 0.15) is 22.7 Å². The van der Waals surface area contributed by atoms with Crippen molar-refractivity contribution in [2.45, 2.75) is 19.4 Å². The van der Waals surface area contributed by atoms with Crippen molar-refractivity contribution in [2.24, 2.45) is 5.84 Å². The van der Waals surface area contributed by atoms with Gasteiger partial charge in [-0.1, -0.05) is 35.9 Å². The number of hydrogen-bond acceptors (Lipinski definition) is 2. The van der Waals surface area contributed by atoms with E-state index in [4.69, 9.17) is 5.84 Å². The minimum absolute atomic E-state index is 0.0120. The van der Waals surface area contributed by atoms with E-state index in [2.05, 4.69) is 45.6 Å². The van der Waals surface area contributed by atoms with Crippen LogP contribution in [-0.4, -0.2) is 0 Å². The molecule has 3 N–H and O–H groups in total. The summed E-state index contributed by atoms with van der Waals surface area (Å²) in [6, 6.07) is 13.3. The van der Waals surface area contributed by atoms with E-state index in [1.807, 2.05) is 6.92 Å². The minimum atomic E-state index is -0.253. The first-order valence-electron chi connectivity index (χ1n) is 6.07. The van der Waals surface area contributed by atoms with Crippen LogP contribution in [0.3, 0.4) is 0 Å². The van der Waals surface area contributed by atoms with Gasteiger partial charge in [0.25, 0.3) is 0 Å². The van der Waals surface area contributed by atoms with Crippen LogP contribution in [0.2, 0.25) is 0 Å². The highest BCUT2D eigenvalue weighted by Gasteiger charge is 2.11. The summed E-state index contributed by atoms with van der Waals surface area (Å²) in [5, 5.41) is 0. The molecule has 0 aromatic heterocycles. The lowest BCUT2D eigenvalue weighted by Gasteiger charge is -2.17. The van der Waals surface area contributed by atoms with Gasteiger partial charge in [-0.2, -0.15) is 0 Å². The number of nitrogens with two attached hydrogens (primary N) is 1. The third-order valence-corrected chi connectivity index (χ3v) is 3.71. The van der Waals surface area contributed by atoms with E-state index in [0.29, 0.717) is 10.9 Å². The summed E-state index contributed by atoms with van der Waals surface area (Å²) >= 11 is 3.20. The molecule has 0 saturated heterocycles. The quantitative estimate of drug-likeness (QED) is 0.666. The standard InChI is InChI=1S/C15H16BrFN2/c1-10-2-5-12(6-3-10)15(19-18)9-11-4-7-14(17)13(16)8-11/h2-8,15,19H,9,18H2,1H3. The molecule has 0 spiro atoms. The highest BCUT2D eigenvalue weighted by Crippen LogP contribution is 2.22. The second-order valence-corrected chi connectivity index (χ2v) is 5.44. The summed E-state index contributed by atoms with van der Waals surface area (Å²) in [5.74, 6) is 5.37. The van der Waals surface area contributed by atoms with E-state index in [9.17, 15) is 4.39 Å². The van der Waals surface area contributed by atoms with Crippen molar-refractivity contribution >= 4 is 15.9 Å². The molecule has 1 atom stereocenters. The van der Waals surface area contributed by atoms with Crippen LogP contribution < -0.4 is 11.3 Å². The van der Waals surface area contributed by atoms with Gasteiger partial charge < -0.3 is 0 Å². The van der Waals surface area contributed by atoms with Gasteiger partial charge in [-0.25, -0.2) is 4.39 Å². The fraction of sp³-hybridized carbons (Fsp3) is 0.200. The molecule has 0 aliphatic heterocycles. The summed E-state index contributed by atoms with van der Waals surface area (Å²) in [4.78, 5) is 0. The number of halogens is 2. The Hall–Kier alpha value is -1.23. The lowest BCUT2D eigenvalue weighted by atomic mass is 9.98. The second-order valence-electron chi connectivity index (χ2n) is 4.58. The largest absolute Gasteiger partial charge is 0.271 e. The maximum atomic E-state index is 13.2. The number of hydrogen-bond donors (Lipinski definition) is 2. The van der Waals surface area contributed by atoms with Crippen LogP contribution in [0.25, 0.3) is 0 Å². The normalized spacial score (nSPS) is 12.4. The highest BCUT2D eigenvalue weighted by molar-refractivity contribution is 9.10. The molecule has 0 radical (unpaired) electrons. The first-order valence-corrected chi connectivity index (χ1v) is 6.86. The van der Waals surface area contributed by atoms with Gasteiger partial charge >= 0.3 is 0 Å². The van der Waals surface area contributed by atoms with Crippen molar-refractivity contribution in [3.63, 3.8) is 0 Å². The molecular weight excluding hydrogens is 307 g/mol. The van der Waals surface area contributed by atoms with Gasteiger partial charge in [0.15, 0.2) is 0 Å². The molecule has 0 aliphatic carbocycles. The minimum Gasteiger partial charge on any atom is -0.271 e. The fourth-order valence-corrected chi connectivity index (χ4v) is 2.40. The summed E-state index contributed by atoms with van der Waals surface area (Å²) in [7, 11) is 0. The summed E-state index contributed by atoms with van der Waals surface area (Å²) < 4.78 is 13.7. The van der Waals surface area contributed by atoms with Crippen molar-refractivity contribution in [1.82, 2.24) is 5.43 Å². The third kappa shape index (κ3) is 3.62. The molecule has 1 unspecified atom stereocenters. The second kappa shape index (κ2) is 6.28. The van der Waals surface area contributed by atoms with Gasteiger partial charge in [-0.3, -0.25) is 11.3 Å². The number of hydrazine groups is 1. The Kier molecular flexibility index (Phi) is 4.69. The lowest BCUT2D eigenvalue weighted by molar-refractivity contribution is 0.550. The zero-order chi connectivity index (χ0) is 13.8. The summed E-state index contributed by atoms with van der Waals surface area (Å²) in [6.45, 7) is 2.05. The maximum Gasteiger partial charge on any atom is 0.137 e. The van der Waals surface area contributed by atoms with Crippen LogP contribution in [0.5, 0.6) is 0 Å². The van der Waals surface area contributed by atoms with Crippen molar-refractivity contribution in [3.8, 4) is 0 Å². The van der Waals surface area contributed by atoms with E-state index >= 15 is 0 Å². The number of benzene rings is 2. The van der Waals surface area contributed by atoms with Gasteiger partial charge in [0.05, 0.1) is 4.47 Å². The number of nitrogens with one attached hydrogen (secondary N) is 1. The van der Waals surface area contributed by atoms with Gasteiger partial charge in [0, 0.05) is 6.04 Å². The maximum absolute atomic E-state index is 13.2.